The summed E-state index contributed by atoms with van der Waals surface area (Å²) in [6.07, 6.45) is 6.58. The van der Waals surface area contributed by atoms with Gasteiger partial charge in [-0.3, -0.25) is 4.79 Å². The topological polar surface area (TPSA) is 29.5 Å². The quantitative estimate of drug-likeness (QED) is 0.847. The smallest absolute Gasteiger partial charge is 0.263 e. The number of hydrogen-bond acceptors (Lipinski definition) is 2. The Balaban J connectivity index is 1.72. The van der Waals surface area contributed by atoms with Gasteiger partial charge in [-0.1, -0.05) is 12.1 Å². The molecule has 2 aliphatic rings. The van der Waals surface area contributed by atoms with Crippen molar-refractivity contribution in [3.8, 4) is 5.75 Å². The maximum absolute atomic E-state index is 12.3. The van der Waals surface area contributed by atoms with E-state index in [1.54, 1.807) is 0 Å². The van der Waals surface area contributed by atoms with Gasteiger partial charge in [0.05, 0.1) is 0 Å². The van der Waals surface area contributed by atoms with Crippen molar-refractivity contribution in [3.63, 3.8) is 0 Å². The van der Waals surface area contributed by atoms with Crippen LogP contribution in [0.4, 0.5) is 0 Å². The summed E-state index contributed by atoms with van der Waals surface area (Å²) in [6.45, 7) is 3.65. The second kappa shape index (κ2) is 5.86. The number of amides is 1. The summed E-state index contributed by atoms with van der Waals surface area (Å²) >= 11 is 0. The maximum atomic E-state index is 12.3. The Morgan fingerprint density at radius 3 is 2.70 bits per heavy atom. The molecule has 0 bridgehead atoms. The number of benzene rings is 1. The summed E-state index contributed by atoms with van der Waals surface area (Å²) in [5, 5.41) is 0. The van der Waals surface area contributed by atoms with Crippen LogP contribution in [0, 0.1) is 0 Å². The van der Waals surface area contributed by atoms with Crippen LogP contribution in [-0.4, -0.2) is 30.0 Å². The molecule has 1 aromatic carbocycles. The molecule has 3 heteroatoms. The molecule has 1 atom stereocenters. The van der Waals surface area contributed by atoms with E-state index in [-0.39, 0.29) is 12.0 Å². The molecular weight excluding hydrogens is 250 g/mol. The Kier molecular flexibility index (Phi) is 3.95. The molecule has 20 heavy (non-hydrogen) atoms. The summed E-state index contributed by atoms with van der Waals surface area (Å²) in [7, 11) is 0. The second-order valence-corrected chi connectivity index (χ2v) is 5.89. The third-order valence-corrected chi connectivity index (χ3v) is 4.42. The summed E-state index contributed by atoms with van der Waals surface area (Å²) < 4.78 is 6.00. The molecule has 1 fully saturated rings. The first kappa shape index (κ1) is 13.5. The minimum Gasteiger partial charge on any atom is -0.481 e. The van der Waals surface area contributed by atoms with Gasteiger partial charge in [-0.2, -0.15) is 0 Å². The van der Waals surface area contributed by atoms with Crippen LogP contribution < -0.4 is 4.74 Å². The summed E-state index contributed by atoms with van der Waals surface area (Å²) in [6, 6.07) is 6.25. The molecule has 3 nitrogen and oxygen atoms in total. The van der Waals surface area contributed by atoms with Crippen molar-refractivity contribution in [2.24, 2.45) is 0 Å². The molecule has 1 amide bonds. The fourth-order valence-corrected chi connectivity index (χ4v) is 3.29. The van der Waals surface area contributed by atoms with Crippen LogP contribution >= 0.6 is 0 Å². The highest BCUT2D eigenvalue weighted by molar-refractivity contribution is 5.81. The highest BCUT2D eigenvalue weighted by Crippen LogP contribution is 2.30. The fraction of sp³-hybridized carbons (Fsp3) is 0.588. The molecule has 1 aliphatic carbocycles. The summed E-state index contributed by atoms with van der Waals surface area (Å²) in [5.74, 6) is 1.05. The van der Waals surface area contributed by atoms with Crippen molar-refractivity contribution in [2.45, 2.75) is 51.6 Å². The van der Waals surface area contributed by atoms with Gasteiger partial charge in [0.2, 0.25) is 0 Å². The van der Waals surface area contributed by atoms with Crippen molar-refractivity contribution in [1.82, 2.24) is 4.90 Å². The van der Waals surface area contributed by atoms with Gasteiger partial charge in [-0.05, 0) is 62.6 Å². The summed E-state index contributed by atoms with van der Waals surface area (Å²) in [5.41, 5.74) is 2.72. The van der Waals surface area contributed by atoms with Gasteiger partial charge in [-0.15, -0.1) is 0 Å². The van der Waals surface area contributed by atoms with E-state index in [2.05, 4.69) is 6.07 Å². The van der Waals surface area contributed by atoms with E-state index in [0.717, 1.165) is 44.5 Å². The zero-order valence-electron chi connectivity index (χ0n) is 12.2. The molecule has 1 aliphatic heterocycles. The van der Waals surface area contributed by atoms with Crippen LogP contribution in [0.15, 0.2) is 18.2 Å². The molecular formula is C17H23NO2. The van der Waals surface area contributed by atoms with Crippen LogP contribution in [0.25, 0.3) is 0 Å². The molecule has 1 saturated heterocycles. The molecule has 0 radical (unpaired) electrons. The normalized spacial score (nSPS) is 19.6. The molecule has 3 rings (SSSR count). The Morgan fingerprint density at radius 1 is 1.15 bits per heavy atom. The molecule has 0 unspecified atom stereocenters. The third-order valence-electron chi connectivity index (χ3n) is 4.42. The van der Waals surface area contributed by atoms with Crippen LogP contribution in [0.2, 0.25) is 0 Å². The molecule has 1 aromatic rings. The van der Waals surface area contributed by atoms with Gasteiger partial charge in [0.25, 0.3) is 5.91 Å². The van der Waals surface area contributed by atoms with Gasteiger partial charge < -0.3 is 9.64 Å². The van der Waals surface area contributed by atoms with Crippen LogP contribution in [-0.2, 0) is 17.6 Å². The minimum absolute atomic E-state index is 0.135. The van der Waals surface area contributed by atoms with Gasteiger partial charge in [0, 0.05) is 13.1 Å². The number of rotatable bonds is 3. The van der Waals surface area contributed by atoms with Crippen molar-refractivity contribution in [1.29, 1.82) is 0 Å². The first-order valence-corrected chi connectivity index (χ1v) is 7.82. The van der Waals surface area contributed by atoms with Crippen molar-refractivity contribution in [2.75, 3.05) is 13.1 Å². The van der Waals surface area contributed by atoms with Crippen molar-refractivity contribution < 1.29 is 9.53 Å². The van der Waals surface area contributed by atoms with E-state index in [9.17, 15) is 4.79 Å². The lowest BCUT2D eigenvalue weighted by Gasteiger charge is -2.24. The van der Waals surface area contributed by atoms with Crippen LogP contribution in [0.3, 0.4) is 0 Å². The Bertz CT molecular complexity index is 492. The molecule has 0 N–H and O–H groups in total. The number of likely N-dealkylation sites (tertiary alicyclic amines) is 1. The van der Waals surface area contributed by atoms with Crippen LogP contribution in [0.5, 0.6) is 5.75 Å². The summed E-state index contributed by atoms with van der Waals surface area (Å²) in [4.78, 5) is 14.2. The van der Waals surface area contributed by atoms with Crippen molar-refractivity contribution in [3.05, 3.63) is 29.3 Å². The SMILES string of the molecule is C[C@@H](Oc1cccc2c1CCCC2)C(=O)N1CCCC1. The number of carbonyl (C=O) groups is 1. The lowest BCUT2D eigenvalue weighted by molar-refractivity contribution is -0.136. The fourth-order valence-electron chi connectivity index (χ4n) is 3.29. The van der Waals surface area contributed by atoms with Gasteiger partial charge in [-0.25, -0.2) is 0 Å². The van der Waals surface area contributed by atoms with E-state index < -0.39 is 0 Å². The maximum Gasteiger partial charge on any atom is 0.263 e. The molecule has 0 saturated carbocycles. The highest BCUT2D eigenvalue weighted by Gasteiger charge is 2.25. The zero-order chi connectivity index (χ0) is 13.9. The first-order chi connectivity index (χ1) is 9.75. The molecule has 108 valence electrons. The standard InChI is InChI=1S/C17H23NO2/c1-13(17(19)18-11-4-5-12-18)20-16-10-6-8-14-7-2-3-9-15(14)16/h6,8,10,13H,2-5,7,9,11-12H2,1H3/t13-/m1/s1. The number of carbonyl (C=O) groups excluding carboxylic acids is 1. The number of ether oxygens (including phenoxy) is 1. The second-order valence-electron chi connectivity index (χ2n) is 5.89. The number of aryl methyl sites for hydroxylation is 1. The minimum atomic E-state index is -0.374. The Labute approximate surface area is 120 Å². The van der Waals surface area contributed by atoms with Crippen molar-refractivity contribution >= 4 is 5.91 Å². The van der Waals surface area contributed by atoms with Crippen LogP contribution in [0.1, 0.15) is 43.7 Å². The van der Waals surface area contributed by atoms with E-state index in [0.29, 0.717) is 0 Å². The Hall–Kier alpha value is -1.51. The lowest BCUT2D eigenvalue weighted by atomic mass is 9.91. The number of nitrogens with zero attached hydrogens (tertiary/aromatic N) is 1. The predicted molar refractivity (Wildman–Crippen MR) is 79.0 cm³/mol. The average Bonchev–Trinajstić information content (AvgIpc) is 3.01. The molecule has 0 aromatic heterocycles. The molecule has 1 heterocycles. The van der Waals surface area contributed by atoms with E-state index in [1.807, 2.05) is 24.0 Å². The average molecular weight is 273 g/mol. The van der Waals surface area contributed by atoms with E-state index in [4.69, 9.17) is 4.74 Å². The molecule has 0 spiro atoms. The van der Waals surface area contributed by atoms with E-state index >= 15 is 0 Å². The Morgan fingerprint density at radius 2 is 1.90 bits per heavy atom. The predicted octanol–water partition coefficient (Wildman–Crippen LogP) is 2.96. The van der Waals surface area contributed by atoms with E-state index in [1.165, 1.54) is 24.0 Å². The number of fused-ring (bicyclic) bond motifs is 1. The monoisotopic (exact) mass is 273 g/mol. The first-order valence-electron chi connectivity index (χ1n) is 7.82. The van der Waals surface area contributed by atoms with Gasteiger partial charge >= 0.3 is 0 Å². The largest absolute Gasteiger partial charge is 0.481 e. The number of hydrogen-bond donors (Lipinski definition) is 0. The lowest BCUT2D eigenvalue weighted by Crippen LogP contribution is -2.38. The zero-order valence-corrected chi connectivity index (χ0v) is 12.2. The highest BCUT2D eigenvalue weighted by atomic mass is 16.5. The third kappa shape index (κ3) is 2.67. The van der Waals surface area contributed by atoms with Gasteiger partial charge in [0.15, 0.2) is 6.10 Å². The van der Waals surface area contributed by atoms with Gasteiger partial charge in [0.1, 0.15) is 5.75 Å².